The summed E-state index contributed by atoms with van der Waals surface area (Å²) in [5.41, 5.74) is 2.06. The summed E-state index contributed by atoms with van der Waals surface area (Å²) in [7, 11) is 0. The number of carbonyl (C=O) groups is 1. The number of nitrogens with zero attached hydrogens (tertiary/aromatic N) is 1. The molecule has 0 saturated carbocycles. The van der Waals surface area contributed by atoms with E-state index in [1.54, 1.807) is 0 Å². The van der Waals surface area contributed by atoms with Crippen LogP contribution in [0.25, 0.3) is 0 Å². The number of urea groups is 1. The molecule has 0 aromatic heterocycles. The van der Waals surface area contributed by atoms with Crippen molar-refractivity contribution in [2.24, 2.45) is 0 Å². The second-order valence-electron chi connectivity index (χ2n) is 6.43. The van der Waals surface area contributed by atoms with Crippen LogP contribution in [0.4, 0.5) is 10.5 Å². The Morgan fingerprint density at radius 1 is 1.12 bits per heavy atom. The molecule has 0 atom stereocenters. The smallest absolute Gasteiger partial charge is 0.322 e. The molecule has 26 heavy (non-hydrogen) atoms. The second-order valence-corrected chi connectivity index (χ2v) is 6.86. The van der Waals surface area contributed by atoms with E-state index in [-0.39, 0.29) is 6.03 Å². The van der Waals surface area contributed by atoms with Crippen LogP contribution in [0.2, 0.25) is 5.02 Å². The summed E-state index contributed by atoms with van der Waals surface area (Å²) in [6.45, 7) is 6.94. The lowest BCUT2D eigenvalue weighted by atomic mass is 10.2. The van der Waals surface area contributed by atoms with Crippen molar-refractivity contribution in [2.75, 3.05) is 38.1 Å². The van der Waals surface area contributed by atoms with E-state index in [9.17, 15) is 4.79 Å². The van der Waals surface area contributed by atoms with Gasteiger partial charge in [0.2, 0.25) is 0 Å². The molecule has 1 aliphatic heterocycles. The van der Waals surface area contributed by atoms with Gasteiger partial charge in [-0.25, -0.2) is 4.79 Å². The average Bonchev–Trinajstić information content (AvgIpc) is 2.66. The molecular formula is C20H25ClN3O2+. The molecule has 0 radical (unpaired) electrons. The summed E-state index contributed by atoms with van der Waals surface area (Å²) in [6, 6.07) is 15.4. The highest BCUT2D eigenvalue weighted by molar-refractivity contribution is 6.30. The van der Waals surface area contributed by atoms with E-state index in [1.165, 1.54) is 10.5 Å². The van der Waals surface area contributed by atoms with Crippen LogP contribution < -0.4 is 15.0 Å². The number of carbonyl (C=O) groups excluding carboxylic acids is 1. The van der Waals surface area contributed by atoms with Gasteiger partial charge in [0.05, 0.1) is 32.8 Å². The molecule has 1 heterocycles. The molecule has 1 saturated heterocycles. The number of hydrogen-bond acceptors (Lipinski definition) is 2. The van der Waals surface area contributed by atoms with E-state index in [4.69, 9.17) is 16.3 Å². The first-order valence-corrected chi connectivity index (χ1v) is 9.38. The summed E-state index contributed by atoms with van der Waals surface area (Å²) in [6.07, 6.45) is 0. The monoisotopic (exact) mass is 374 g/mol. The minimum absolute atomic E-state index is 0.0419. The molecule has 5 nitrogen and oxygen atoms in total. The molecule has 2 N–H and O–H groups in total. The zero-order chi connectivity index (χ0) is 18.4. The first-order valence-electron chi connectivity index (χ1n) is 9.01. The fourth-order valence-electron chi connectivity index (χ4n) is 3.10. The first-order chi connectivity index (χ1) is 12.6. The van der Waals surface area contributed by atoms with Crippen molar-refractivity contribution in [2.45, 2.75) is 13.5 Å². The van der Waals surface area contributed by atoms with E-state index >= 15 is 0 Å². The lowest BCUT2D eigenvalue weighted by Gasteiger charge is -2.32. The van der Waals surface area contributed by atoms with Gasteiger partial charge in [-0.15, -0.1) is 0 Å². The van der Waals surface area contributed by atoms with Crippen molar-refractivity contribution in [1.29, 1.82) is 0 Å². The zero-order valence-corrected chi connectivity index (χ0v) is 15.8. The normalized spacial score (nSPS) is 14.9. The van der Waals surface area contributed by atoms with Crippen molar-refractivity contribution in [3.63, 3.8) is 0 Å². The molecule has 2 aromatic carbocycles. The number of nitrogens with one attached hydrogen (secondary N) is 2. The highest BCUT2D eigenvalue weighted by Crippen LogP contribution is 2.16. The molecule has 0 unspecified atom stereocenters. The first kappa shape index (κ1) is 18.5. The van der Waals surface area contributed by atoms with Crippen LogP contribution in [0.15, 0.2) is 48.5 Å². The molecule has 1 fully saturated rings. The van der Waals surface area contributed by atoms with E-state index in [0.717, 1.165) is 49.2 Å². The third kappa shape index (κ3) is 5.13. The molecule has 0 spiro atoms. The molecule has 0 aliphatic carbocycles. The number of hydrogen-bond donors (Lipinski definition) is 2. The van der Waals surface area contributed by atoms with Crippen LogP contribution in [0.5, 0.6) is 5.75 Å². The summed E-state index contributed by atoms with van der Waals surface area (Å²) in [4.78, 5) is 15.8. The molecule has 6 heteroatoms. The highest BCUT2D eigenvalue weighted by Gasteiger charge is 2.23. The van der Waals surface area contributed by atoms with Gasteiger partial charge in [0.25, 0.3) is 0 Å². The van der Waals surface area contributed by atoms with Crippen molar-refractivity contribution in [1.82, 2.24) is 4.90 Å². The van der Waals surface area contributed by atoms with Gasteiger partial charge in [-0.3, -0.25) is 0 Å². The topological polar surface area (TPSA) is 46.0 Å². The van der Waals surface area contributed by atoms with Crippen LogP contribution in [0, 0.1) is 0 Å². The molecule has 3 rings (SSSR count). The summed E-state index contributed by atoms with van der Waals surface area (Å²) < 4.78 is 5.42. The molecule has 2 aromatic rings. The third-order valence-corrected chi connectivity index (χ3v) is 4.79. The summed E-state index contributed by atoms with van der Waals surface area (Å²) in [5, 5.41) is 3.72. The van der Waals surface area contributed by atoms with Crippen LogP contribution in [-0.2, 0) is 6.54 Å². The van der Waals surface area contributed by atoms with Gasteiger partial charge in [-0.2, -0.15) is 0 Å². The Labute approximate surface area is 159 Å². The van der Waals surface area contributed by atoms with Gasteiger partial charge in [-0.1, -0.05) is 23.7 Å². The van der Waals surface area contributed by atoms with Crippen LogP contribution in [-0.4, -0.2) is 43.7 Å². The minimum atomic E-state index is -0.0419. The molecule has 1 aliphatic rings. The Balaban J connectivity index is 1.46. The Morgan fingerprint density at radius 3 is 2.38 bits per heavy atom. The standard InChI is InChI=1S/C20H24ClN3O2/c1-2-26-19-9-7-18(8-10-19)22-20(25)24-13-11-23(12-14-24)15-16-3-5-17(21)6-4-16/h3-10H,2,11-15H2,1H3,(H,22,25)/p+1. The number of anilines is 1. The Kier molecular flexibility index (Phi) is 6.36. The lowest BCUT2D eigenvalue weighted by molar-refractivity contribution is -0.917. The molecule has 138 valence electrons. The van der Waals surface area contributed by atoms with E-state index < -0.39 is 0 Å². The minimum Gasteiger partial charge on any atom is -0.494 e. The molecule has 2 amide bonds. The predicted molar refractivity (Wildman–Crippen MR) is 104 cm³/mol. The maximum absolute atomic E-state index is 12.4. The predicted octanol–water partition coefficient (Wildman–Crippen LogP) is 2.67. The molecule has 0 bridgehead atoms. The summed E-state index contributed by atoms with van der Waals surface area (Å²) in [5.74, 6) is 0.810. The lowest BCUT2D eigenvalue weighted by Crippen LogP contribution is -3.13. The zero-order valence-electron chi connectivity index (χ0n) is 15.0. The Bertz CT molecular complexity index is 711. The maximum atomic E-state index is 12.4. The SMILES string of the molecule is CCOc1ccc(NC(=O)N2CC[NH+](Cc3ccc(Cl)cc3)CC2)cc1. The van der Waals surface area contributed by atoms with Gasteiger partial charge in [0.1, 0.15) is 12.3 Å². The fraction of sp³-hybridized carbons (Fsp3) is 0.350. The van der Waals surface area contributed by atoms with E-state index in [2.05, 4.69) is 17.4 Å². The third-order valence-electron chi connectivity index (χ3n) is 4.54. The number of benzene rings is 2. The van der Waals surface area contributed by atoms with Gasteiger partial charge in [0.15, 0.2) is 0 Å². The van der Waals surface area contributed by atoms with Crippen molar-refractivity contribution < 1.29 is 14.4 Å². The number of halogens is 1. The van der Waals surface area contributed by atoms with Gasteiger partial charge in [0, 0.05) is 16.3 Å². The van der Waals surface area contributed by atoms with E-state index in [0.29, 0.717) is 6.61 Å². The quantitative estimate of drug-likeness (QED) is 0.845. The maximum Gasteiger partial charge on any atom is 0.322 e. The Hall–Kier alpha value is -2.24. The van der Waals surface area contributed by atoms with Crippen LogP contribution in [0.3, 0.4) is 0 Å². The van der Waals surface area contributed by atoms with E-state index in [1.807, 2.05) is 48.2 Å². The van der Waals surface area contributed by atoms with Crippen LogP contribution in [0.1, 0.15) is 12.5 Å². The number of rotatable bonds is 5. The summed E-state index contributed by atoms with van der Waals surface area (Å²) >= 11 is 5.93. The largest absolute Gasteiger partial charge is 0.494 e. The number of ether oxygens (including phenoxy) is 1. The van der Waals surface area contributed by atoms with Crippen molar-refractivity contribution >= 4 is 23.3 Å². The second kappa shape index (κ2) is 8.92. The Morgan fingerprint density at radius 2 is 1.77 bits per heavy atom. The highest BCUT2D eigenvalue weighted by atomic mass is 35.5. The number of piperazine rings is 1. The fourth-order valence-corrected chi connectivity index (χ4v) is 3.22. The van der Waals surface area contributed by atoms with Gasteiger partial charge < -0.3 is 19.9 Å². The number of amides is 2. The van der Waals surface area contributed by atoms with Crippen molar-refractivity contribution in [3.8, 4) is 5.75 Å². The average molecular weight is 375 g/mol. The van der Waals surface area contributed by atoms with Crippen molar-refractivity contribution in [3.05, 3.63) is 59.1 Å². The van der Waals surface area contributed by atoms with Gasteiger partial charge >= 0.3 is 6.03 Å². The molecular weight excluding hydrogens is 350 g/mol. The van der Waals surface area contributed by atoms with Gasteiger partial charge in [-0.05, 0) is 43.3 Å². The van der Waals surface area contributed by atoms with Crippen LogP contribution >= 0.6 is 11.6 Å². The number of quaternary nitrogens is 1.